The molecule has 9 heteroatoms. The number of rotatable bonds is 2. The lowest BCUT2D eigenvalue weighted by molar-refractivity contribution is -0.250. The van der Waals surface area contributed by atoms with E-state index in [4.69, 9.17) is 0 Å². The maximum Gasteiger partial charge on any atom is 0.435 e. The number of halogens is 5. The van der Waals surface area contributed by atoms with Gasteiger partial charge < -0.3 is 14.6 Å². The van der Waals surface area contributed by atoms with Gasteiger partial charge in [0.2, 0.25) is 5.82 Å². The average molecular weight is 324 g/mol. The lowest BCUT2D eigenvalue weighted by atomic mass is 9.97. The monoisotopic (exact) mass is 324 g/mol. The van der Waals surface area contributed by atoms with Crippen LogP contribution in [0.5, 0.6) is 5.75 Å². The van der Waals surface area contributed by atoms with Gasteiger partial charge in [-0.3, -0.25) is 0 Å². The Labute approximate surface area is 120 Å². The second kappa shape index (κ2) is 4.85. The smallest absolute Gasteiger partial charge is 0.435 e. The van der Waals surface area contributed by atoms with Crippen LogP contribution in [0.1, 0.15) is 12.5 Å². The summed E-state index contributed by atoms with van der Waals surface area (Å²) in [4.78, 5) is 11.7. The summed E-state index contributed by atoms with van der Waals surface area (Å²) in [6.07, 6.45) is -5.10. The van der Waals surface area contributed by atoms with Gasteiger partial charge in [-0.25, -0.2) is 9.18 Å². The molecule has 4 nitrogen and oxygen atoms in total. The third-order valence-electron chi connectivity index (χ3n) is 3.25. The van der Waals surface area contributed by atoms with E-state index in [1.807, 2.05) is 0 Å². The van der Waals surface area contributed by atoms with E-state index in [-0.39, 0.29) is 0 Å². The fraction of sp³-hybridized carbons (Fsp3) is 0.308. The van der Waals surface area contributed by atoms with E-state index in [1.54, 1.807) is 0 Å². The highest BCUT2D eigenvalue weighted by Crippen LogP contribution is 2.47. The number of benzene rings is 1. The van der Waals surface area contributed by atoms with Crippen LogP contribution in [0.3, 0.4) is 0 Å². The Balaban J connectivity index is 2.72. The topological polar surface area (TPSA) is 55.8 Å². The Morgan fingerprint density at radius 3 is 2.32 bits per heavy atom. The summed E-state index contributed by atoms with van der Waals surface area (Å²) in [6, 6.07) is 1.40. The van der Waals surface area contributed by atoms with Gasteiger partial charge in [-0.1, -0.05) is 0 Å². The largest absolute Gasteiger partial charge is 0.507 e. The molecule has 0 radical (unpaired) electrons. The van der Waals surface area contributed by atoms with Gasteiger partial charge in [0.25, 0.3) is 5.60 Å². The van der Waals surface area contributed by atoms with Gasteiger partial charge in [0.15, 0.2) is 17.3 Å². The summed E-state index contributed by atoms with van der Waals surface area (Å²) in [7, 11) is 0.933. The van der Waals surface area contributed by atoms with Crippen molar-refractivity contribution in [1.82, 2.24) is 0 Å². The third kappa shape index (κ3) is 2.08. The second-order valence-electron chi connectivity index (χ2n) is 4.59. The minimum atomic E-state index is -5.10. The number of cyclic esters (lactones) is 1. The molecule has 0 unspecified atom stereocenters. The fourth-order valence-corrected chi connectivity index (χ4v) is 1.98. The molecule has 0 aliphatic carbocycles. The maximum atomic E-state index is 13.6. The number of esters is 1. The van der Waals surface area contributed by atoms with Crippen LogP contribution in [0.2, 0.25) is 0 Å². The molecule has 2 rings (SSSR count). The van der Waals surface area contributed by atoms with Crippen LogP contribution in [-0.2, 0) is 9.53 Å². The van der Waals surface area contributed by atoms with Crippen molar-refractivity contribution in [3.8, 4) is 5.75 Å². The van der Waals surface area contributed by atoms with Crippen LogP contribution >= 0.6 is 0 Å². The molecule has 1 heterocycles. The van der Waals surface area contributed by atoms with E-state index in [9.17, 15) is 31.9 Å². The molecule has 0 fully saturated rings. The van der Waals surface area contributed by atoms with Crippen LogP contribution in [0, 0.1) is 11.6 Å². The molecule has 1 atom stereocenters. The van der Waals surface area contributed by atoms with Crippen LogP contribution in [0.15, 0.2) is 17.9 Å². The molecule has 0 saturated carbocycles. The second-order valence-corrected chi connectivity index (χ2v) is 4.59. The molecule has 0 amide bonds. The van der Waals surface area contributed by atoms with Gasteiger partial charge in [-0.15, -0.1) is 0 Å². The standard InChI is InChI=1S/C13H9F5O4/c1-12(13(16,17)18)10(19)7(11(20)22-12)5-3-4-6(14)8(15)9(5)21-2/h3-4,19H,1-2H3/t12-/m1/s1. The molecule has 1 aliphatic heterocycles. The van der Waals surface area contributed by atoms with Crippen molar-refractivity contribution < 1.29 is 41.3 Å². The summed E-state index contributed by atoms with van der Waals surface area (Å²) in [5, 5.41) is 9.79. The van der Waals surface area contributed by atoms with Crippen LogP contribution in [-0.4, -0.2) is 30.0 Å². The number of ether oxygens (including phenoxy) is 2. The molecule has 0 spiro atoms. The molecular formula is C13H9F5O4. The van der Waals surface area contributed by atoms with Crippen molar-refractivity contribution in [2.45, 2.75) is 18.7 Å². The highest BCUT2D eigenvalue weighted by molar-refractivity contribution is 6.20. The number of carbonyl (C=O) groups is 1. The summed E-state index contributed by atoms with van der Waals surface area (Å²) in [5.74, 6) is -6.62. The van der Waals surface area contributed by atoms with Crippen molar-refractivity contribution in [2.75, 3.05) is 7.11 Å². The third-order valence-corrected chi connectivity index (χ3v) is 3.25. The lowest BCUT2D eigenvalue weighted by Gasteiger charge is -2.25. The number of alkyl halides is 3. The number of hydrogen-bond donors (Lipinski definition) is 1. The van der Waals surface area contributed by atoms with Gasteiger partial charge >= 0.3 is 12.1 Å². The van der Waals surface area contributed by atoms with E-state index in [1.165, 1.54) is 0 Å². The highest BCUT2D eigenvalue weighted by atomic mass is 19.4. The minimum Gasteiger partial charge on any atom is -0.507 e. The minimum absolute atomic E-state index is 0.444. The zero-order chi connectivity index (χ0) is 16.9. The van der Waals surface area contributed by atoms with E-state index in [0.29, 0.717) is 13.0 Å². The first-order valence-electron chi connectivity index (χ1n) is 5.80. The summed E-state index contributed by atoms with van der Waals surface area (Å²) >= 11 is 0. The van der Waals surface area contributed by atoms with E-state index in [0.717, 1.165) is 13.2 Å². The number of hydrogen-bond acceptors (Lipinski definition) is 4. The Morgan fingerprint density at radius 2 is 1.86 bits per heavy atom. The van der Waals surface area contributed by atoms with Crippen molar-refractivity contribution in [1.29, 1.82) is 0 Å². The van der Waals surface area contributed by atoms with E-state index < -0.39 is 52.0 Å². The summed E-state index contributed by atoms with van der Waals surface area (Å²) < 4.78 is 74.4. The Hall–Kier alpha value is -2.32. The Bertz CT molecular complexity index is 680. The Kier molecular flexibility index (Phi) is 3.54. The number of aliphatic hydroxyl groups excluding tert-OH is 1. The molecule has 22 heavy (non-hydrogen) atoms. The molecule has 1 N–H and O–H groups in total. The predicted molar refractivity (Wildman–Crippen MR) is 63.0 cm³/mol. The molecule has 1 aliphatic rings. The van der Waals surface area contributed by atoms with Crippen LogP contribution < -0.4 is 4.74 Å². The zero-order valence-corrected chi connectivity index (χ0v) is 11.2. The van der Waals surface area contributed by atoms with Crippen LogP contribution in [0.25, 0.3) is 5.57 Å². The SMILES string of the molecule is COc1c(C2=C(O)[C@](C)(C(F)(F)F)OC2=O)ccc(F)c1F. The van der Waals surface area contributed by atoms with E-state index in [2.05, 4.69) is 9.47 Å². The van der Waals surface area contributed by atoms with Gasteiger partial charge in [0.1, 0.15) is 5.57 Å². The first kappa shape index (κ1) is 16.1. The first-order valence-corrected chi connectivity index (χ1v) is 5.80. The van der Waals surface area contributed by atoms with Crippen molar-refractivity contribution in [3.05, 3.63) is 35.1 Å². The maximum absolute atomic E-state index is 13.6. The summed E-state index contributed by atoms with van der Waals surface area (Å²) in [5.41, 5.74) is -4.75. The highest BCUT2D eigenvalue weighted by Gasteiger charge is 2.63. The molecule has 120 valence electrons. The predicted octanol–water partition coefficient (Wildman–Crippen LogP) is 3.12. The van der Waals surface area contributed by atoms with Gasteiger partial charge in [-0.05, 0) is 19.1 Å². The molecular weight excluding hydrogens is 315 g/mol. The van der Waals surface area contributed by atoms with Crippen LogP contribution in [0.4, 0.5) is 22.0 Å². The number of carbonyl (C=O) groups excluding carboxylic acids is 1. The molecule has 0 saturated heterocycles. The molecule has 1 aromatic rings. The quantitative estimate of drug-likeness (QED) is 0.671. The van der Waals surface area contributed by atoms with Gasteiger partial charge in [0.05, 0.1) is 7.11 Å². The molecule has 1 aromatic carbocycles. The van der Waals surface area contributed by atoms with E-state index >= 15 is 0 Å². The average Bonchev–Trinajstić information content (AvgIpc) is 2.64. The normalized spacial score (nSPS) is 22.0. The lowest BCUT2D eigenvalue weighted by Crippen LogP contribution is -2.44. The van der Waals surface area contributed by atoms with Gasteiger partial charge in [-0.2, -0.15) is 17.6 Å². The zero-order valence-electron chi connectivity index (χ0n) is 11.2. The number of methoxy groups -OCH3 is 1. The number of aliphatic hydroxyl groups is 1. The molecule has 0 bridgehead atoms. The summed E-state index contributed by atoms with van der Waals surface area (Å²) in [6.45, 7) is 0.444. The molecule has 0 aromatic heterocycles. The van der Waals surface area contributed by atoms with Gasteiger partial charge in [0, 0.05) is 5.56 Å². The van der Waals surface area contributed by atoms with Crippen molar-refractivity contribution in [3.63, 3.8) is 0 Å². The fourth-order valence-electron chi connectivity index (χ4n) is 1.98. The van der Waals surface area contributed by atoms with Crippen molar-refractivity contribution >= 4 is 11.5 Å². The van der Waals surface area contributed by atoms with Crippen molar-refractivity contribution in [2.24, 2.45) is 0 Å². The first-order chi connectivity index (χ1) is 10.0. The Morgan fingerprint density at radius 1 is 1.27 bits per heavy atom.